The highest BCUT2D eigenvalue weighted by molar-refractivity contribution is 7.81. The van der Waals surface area contributed by atoms with Gasteiger partial charge in [0.15, 0.2) is 0 Å². The van der Waals surface area contributed by atoms with E-state index in [0.29, 0.717) is 52.8 Å². The highest BCUT2D eigenvalue weighted by Crippen LogP contribution is 2.11. The van der Waals surface area contributed by atoms with Gasteiger partial charge in [0.2, 0.25) is 11.8 Å². The molecule has 9 heteroatoms. The molecule has 0 fully saturated rings. The van der Waals surface area contributed by atoms with Gasteiger partial charge in [0, 0.05) is 12.0 Å². The molecule has 0 bridgehead atoms. The molecule has 0 aromatic carbocycles. The summed E-state index contributed by atoms with van der Waals surface area (Å²) in [6, 6.07) is 0. The van der Waals surface area contributed by atoms with E-state index in [9.17, 15) is 9.59 Å². The molecular formula is C18H36N2O6S. The van der Waals surface area contributed by atoms with Crippen molar-refractivity contribution in [1.29, 1.82) is 0 Å². The molecule has 160 valence electrons. The van der Waals surface area contributed by atoms with Crippen LogP contribution >= 0.6 is 12.6 Å². The van der Waals surface area contributed by atoms with Crippen LogP contribution in [0.3, 0.4) is 0 Å². The fourth-order valence-electron chi connectivity index (χ4n) is 1.70. The maximum atomic E-state index is 11.6. The number of thiol groups is 1. The normalized spacial score (nSPS) is 12.1. The Morgan fingerprint density at radius 1 is 0.778 bits per heavy atom. The van der Waals surface area contributed by atoms with E-state index < -0.39 is 4.87 Å². The second-order valence-corrected chi connectivity index (χ2v) is 8.62. The van der Waals surface area contributed by atoms with Crippen LogP contribution in [-0.2, 0) is 28.5 Å². The Morgan fingerprint density at radius 2 is 1.22 bits per heavy atom. The van der Waals surface area contributed by atoms with Crippen molar-refractivity contribution in [2.45, 2.75) is 39.5 Å². The largest absolute Gasteiger partial charge is 0.377 e. The quantitative estimate of drug-likeness (QED) is 0.213. The maximum absolute atomic E-state index is 11.6. The molecule has 0 saturated heterocycles. The topological polar surface area (TPSA) is 95.1 Å². The molecular weight excluding hydrogens is 372 g/mol. The number of ether oxygens (including phenoxy) is 4. The number of amides is 2. The SMILES string of the molecule is CC(C)(S)NC(=O)COCCOCCOCCOCCNC(=O)C(C)(C)C. The molecule has 0 aromatic rings. The van der Waals surface area contributed by atoms with Crippen molar-refractivity contribution in [2.75, 3.05) is 59.4 Å². The summed E-state index contributed by atoms with van der Waals surface area (Å²) < 4.78 is 21.3. The molecule has 0 unspecified atom stereocenters. The van der Waals surface area contributed by atoms with Gasteiger partial charge in [-0.25, -0.2) is 0 Å². The summed E-state index contributed by atoms with van der Waals surface area (Å²) in [6.45, 7) is 12.7. The molecule has 0 atom stereocenters. The summed E-state index contributed by atoms with van der Waals surface area (Å²) in [6.07, 6.45) is 0. The Labute approximate surface area is 168 Å². The predicted octanol–water partition coefficient (Wildman–Crippen LogP) is 0.997. The van der Waals surface area contributed by atoms with E-state index in [-0.39, 0.29) is 23.8 Å². The number of hydrogen-bond acceptors (Lipinski definition) is 7. The van der Waals surface area contributed by atoms with Crippen molar-refractivity contribution < 1.29 is 28.5 Å². The standard InChI is InChI=1S/C18H36N2O6S/c1-17(2,3)16(22)19-6-7-23-8-9-24-10-11-25-12-13-26-14-15(21)20-18(4,5)27/h27H,6-14H2,1-5H3,(H,19,22)(H,20,21). The average molecular weight is 409 g/mol. The zero-order valence-corrected chi connectivity index (χ0v) is 18.2. The Balaban J connectivity index is 3.28. The lowest BCUT2D eigenvalue weighted by atomic mass is 9.96. The van der Waals surface area contributed by atoms with Gasteiger partial charge in [0.1, 0.15) is 6.61 Å². The first-order valence-corrected chi connectivity index (χ1v) is 9.60. The van der Waals surface area contributed by atoms with Gasteiger partial charge in [-0.15, -0.1) is 0 Å². The van der Waals surface area contributed by atoms with Crippen LogP contribution < -0.4 is 10.6 Å². The van der Waals surface area contributed by atoms with Crippen molar-refractivity contribution in [1.82, 2.24) is 10.6 Å². The van der Waals surface area contributed by atoms with Crippen LogP contribution in [0.4, 0.5) is 0 Å². The molecule has 0 aliphatic carbocycles. The first kappa shape index (κ1) is 26.1. The molecule has 2 N–H and O–H groups in total. The Kier molecular flexibility index (Phi) is 13.7. The van der Waals surface area contributed by atoms with Gasteiger partial charge < -0.3 is 29.6 Å². The second kappa shape index (κ2) is 14.2. The van der Waals surface area contributed by atoms with Crippen molar-refractivity contribution in [3.63, 3.8) is 0 Å². The molecule has 0 saturated carbocycles. The lowest BCUT2D eigenvalue weighted by Crippen LogP contribution is -2.40. The molecule has 0 aliphatic rings. The molecule has 0 radical (unpaired) electrons. The maximum Gasteiger partial charge on any atom is 0.247 e. The highest BCUT2D eigenvalue weighted by atomic mass is 32.1. The number of carbonyl (C=O) groups is 2. The van der Waals surface area contributed by atoms with Gasteiger partial charge in [0.05, 0.1) is 51.1 Å². The fourth-order valence-corrected chi connectivity index (χ4v) is 1.83. The lowest BCUT2D eigenvalue weighted by Gasteiger charge is -2.19. The van der Waals surface area contributed by atoms with Crippen LogP contribution in [0.15, 0.2) is 0 Å². The number of rotatable bonds is 15. The minimum absolute atomic E-state index is 0.00894. The predicted molar refractivity (Wildman–Crippen MR) is 107 cm³/mol. The lowest BCUT2D eigenvalue weighted by molar-refractivity contribution is -0.129. The molecule has 2 amide bonds. The van der Waals surface area contributed by atoms with Gasteiger partial charge in [-0.1, -0.05) is 20.8 Å². The second-order valence-electron chi connectivity index (χ2n) is 7.50. The molecule has 0 spiro atoms. The number of nitrogens with one attached hydrogen (secondary N) is 2. The van der Waals surface area contributed by atoms with E-state index in [1.807, 2.05) is 20.8 Å². The summed E-state index contributed by atoms with van der Waals surface area (Å²) in [4.78, 5) is 22.5. The van der Waals surface area contributed by atoms with Crippen LogP contribution in [0.2, 0.25) is 0 Å². The van der Waals surface area contributed by atoms with Crippen molar-refractivity contribution in [3.8, 4) is 0 Å². The summed E-state index contributed by atoms with van der Waals surface area (Å²) in [5, 5.41) is 5.49. The van der Waals surface area contributed by atoms with Crippen molar-refractivity contribution in [2.24, 2.45) is 5.41 Å². The number of hydrogen-bond donors (Lipinski definition) is 3. The first-order valence-electron chi connectivity index (χ1n) is 9.15. The zero-order chi connectivity index (χ0) is 20.8. The van der Waals surface area contributed by atoms with E-state index in [0.717, 1.165) is 0 Å². The average Bonchev–Trinajstić information content (AvgIpc) is 2.52. The molecule has 0 aromatic heterocycles. The third-order valence-electron chi connectivity index (χ3n) is 3.01. The Bertz CT molecular complexity index is 421. The van der Waals surface area contributed by atoms with Crippen LogP contribution in [-0.4, -0.2) is 76.1 Å². The van der Waals surface area contributed by atoms with Gasteiger partial charge in [-0.3, -0.25) is 9.59 Å². The van der Waals surface area contributed by atoms with Gasteiger partial charge in [0.25, 0.3) is 0 Å². The van der Waals surface area contributed by atoms with Gasteiger partial charge in [-0.2, -0.15) is 12.6 Å². The molecule has 27 heavy (non-hydrogen) atoms. The van der Waals surface area contributed by atoms with Crippen molar-refractivity contribution >= 4 is 24.4 Å². The van der Waals surface area contributed by atoms with Crippen LogP contribution in [0.1, 0.15) is 34.6 Å². The van der Waals surface area contributed by atoms with E-state index in [2.05, 4.69) is 23.3 Å². The minimum Gasteiger partial charge on any atom is -0.377 e. The molecule has 0 rings (SSSR count). The summed E-state index contributed by atoms with van der Waals surface area (Å²) >= 11 is 4.20. The fraction of sp³-hybridized carbons (Fsp3) is 0.889. The monoisotopic (exact) mass is 408 g/mol. The summed E-state index contributed by atoms with van der Waals surface area (Å²) in [5.74, 6) is -0.203. The summed E-state index contributed by atoms with van der Waals surface area (Å²) in [7, 11) is 0. The van der Waals surface area contributed by atoms with Gasteiger partial charge in [-0.05, 0) is 13.8 Å². The molecule has 0 aliphatic heterocycles. The third-order valence-corrected chi connectivity index (χ3v) is 3.12. The van der Waals surface area contributed by atoms with Crippen LogP contribution in [0, 0.1) is 5.41 Å². The molecule has 0 heterocycles. The van der Waals surface area contributed by atoms with Crippen LogP contribution in [0.25, 0.3) is 0 Å². The highest BCUT2D eigenvalue weighted by Gasteiger charge is 2.20. The van der Waals surface area contributed by atoms with E-state index in [4.69, 9.17) is 18.9 Å². The first-order chi connectivity index (χ1) is 12.5. The van der Waals surface area contributed by atoms with E-state index in [1.54, 1.807) is 13.8 Å². The van der Waals surface area contributed by atoms with Crippen LogP contribution in [0.5, 0.6) is 0 Å². The summed E-state index contributed by atoms with van der Waals surface area (Å²) in [5.41, 5.74) is -0.385. The van der Waals surface area contributed by atoms with E-state index >= 15 is 0 Å². The van der Waals surface area contributed by atoms with Gasteiger partial charge >= 0.3 is 0 Å². The van der Waals surface area contributed by atoms with E-state index in [1.165, 1.54) is 0 Å². The van der Waals surface area contributed by atoms with Crippen molar-refractivity contribution in [3.05, 3.63) is 0 Å². The third kappa shape index (κ3) is 18.3. The number of carbonyl (C=O) groups excluding carboxylic acids is 2. The molecule has 8 nitrogen and oxygen atoms in total. The Morgan fingerprint density at radius 3 is 1.67 bits per heavy atom. The zero-order valence-electron chi connectivity index (χ0n) is 17.3. The minimum atomic E-state index is -0.557. The Hall–Kier alpha value is -0.870. The smallest absolute Gasteiger partial charge is 0.247 e.